The van der Waals surface area contributed by atoms with E-state index < -0.39 is 18.7 Å². The number of nitrogens with zero attached hydrogens (tertiary/aromatic N) is 5. The summed E-state index contributed by atoms with van der Waals surface area (Å²) >= 11 is -3.86. The van der Waals surface area contributed by atoms with Gasteiger partial charge in [0, 0.05) is 0 Å². The van der Waals surface area contributed by atoms with Crippen molar-refractivity contribution in [3.63, 3.8) is 0 Å². The van der Waals surface area contributed by atoms with Gasteiger partial charge in [0.15, 0.2) is 0 Å². The predicted molar refractivity (Wildman–Crippen MR) is 263 cm³/mol. The van der Waals surface area contributed by atoms with Crippen molar-refractivity contribution < 1.29 is 0 Å². The van der Waals surface area contributed by atoms with Crippen LogP contribution in [0.4, 0.5) is 34.1 Å². The number of para-hydroxylation sites is 5. The molecule has 0 atom stereocenters. The molecule has 0 unspecified atom stereocenters. The van der Waals surface area contributed by atoms with Gasteiger partial charge in [-0.25, -0.2) is 0 Å². The topological polar surface area (TPSA) is 45.2 Å². The van der Waals surface area contributed by atoms with E-state index in [9.17, 15) is 0 Å². The maximum atomic E-state index is 5.25. The van der Waals surface area contributed by atoms with Crippen molar-refractivity contribution in [2.45, 2.75) is 5.41 Å². The van der Waals surface area contributed by atoms with Crippen LogP contribution < -0.4 is 27.4 Å². The molecule has 10 aromatic rings. The molecule has 0 N–H and O–H groups in total. The van der Waals surface area contributed by atoms with Crippen molar-refractivity contribution in [2.75, 3.05) is 9.80 Å². The number of fused-ring (bicyclic) bond motifs is 14. The predicted octanol–water partition coefficient (Wildman–Crippen LogP) is 10.8. The second-order valence-corrected chi connectivity index (χ2v) is 24.4. The number of hydrogen-bond acceptors (Lipinski definition) is 5. The molecule has 0 saturated heterocycles. The normalized spacial score (nSPS) is 14.4. The van der Waals surface area contributed by atoms with Crippen molar-refractivity contribution in [2.24, 2.45) is 0 Å². The standard InChI is InChI=1S/C58H39GeN5/c1-2-16-42(17-3-1)63-56-28-14-10-24-50(56)59(51-25-11-15-29-57(51)63)48-22-8-4-18-44(48)58(45-19-5-9-23-49(45)59)46-20-6-12-26-54(46)64(55-27-13-7-21-47(55)58)43-38-52(40-30-34-60-35-31-40)62-53(39-43)41-32-36-61-37-33-41/h1-39H. The van der Waals surface area contributed by atoms with E-state index in [0.717, 1.165) is 39.6 Å². The Morgan fingerprint density at radius 1 is 0.328 bits per heavy atom. The number of aromatic nitrogens is 3. The average Bonchev–Trinajstić information content (AvgIpc) is 3.38. The first kappa shape index (κ1) is 36.8. The first-order valence-corrected chi connectivity index (χ1v) is 26.0. The van der Waals surface area contributed by atoms with Gasteiger partial charge in [0.1, 0.15) is 0 Å². The molecule has 0 bridgehead atoms. The summed E-state index contributed by atoms with van der Waals surface area (Å²) < 4.78 is 5.83. The SMILES string of the molecule is c1ccc(N2c3cccc[c]3[Ge]3([c]4ccccc42)[c]2ccccc2C2(c4ccccc4N(c4cc(-c5ccncc5)nc(-c5ccncc5)c4)c4ccccc42)c2cccc[c]23)cc1. The molecule has 3 aliphatic heterocycles. The van der Waals surface area contributed by atoms with Gasteiger partial charge in [0.2, 0.25) is 0 Å². The molecule has 6 heteroatoms. The van der Waals surface area contributed by atoms with Crippen molar-refractivity contribution in [1.82, 2.24) is 15.0 Å². The second kappa shape index (κ2) is 14.3. The summed E-state index contributed by atoms with van der Waals surface area (Å²) in [7, 11) is 0. The Morgan fingerprint density at radius 3 is 1.19 bits per heavy atom. The summed E-state index contributed by atoms with van der Waals surface area (Å²) in [4.78, 5) is 18.9. The van der Waals surface area contributed by atoms with Gasteiger partial charge in [0.05, 0.1) is 0 Å². The fraction of sp³-hybridized carbons (Fsp3) is 0.0172. The van der Waals surface area contributed by atoms with Crippen LogP contribution in [0.25, 0.3) is 22.5 Å². The molecule has 5 nitrogen and oxygen atoms in total. The molecule has 3 aliphatic rings. The van der Waals surface area contributed by atoms with Crippen molar-refractivity contribution in [3.05, 3.63) is 259 Å². The molecular formula is C58H39GeN5. The van der Waals surface area contributed by atoms with Crippen molar-refractivity contribution >= 4 is 65.0 Å². The minimum absolute atomic E-state index is 0.636. The van der Waals surface area contributed by atoms with E-state index in [0.29, 0.717) is 0 Å². The molecule has 300 valence electrons. The zero-order valence-electron chi connectivity index (χ0n) is 34.8. The zero-order valence-corrected chi connectivity index (χ0v) is 36.9. The molecule has 64 heavy (non-hydrogen) atoms. The van der Waals surface area contributed by atoms with Gasteiger partial charge in [-0.15, -0.1) is 0 Å². The Hall–Kier alpha value is -7.87. The first-order valence-electron chi connectivity index (χ1n) is 21.8. The Morgan fingerprint density at radius 2 is 0.703 bits per heavy atom. The molecule has 13 rings (SSSR count). The molecular weight excluding hydrogens is 839 g/mol. The van der Waals surface area contributed by atoms with Gasteiger partial charge in [-0.2, -0.15) is 0 Å². The number of pyridine rings is 3. The number of anilines is 6. The summed E-state index contributed by atoms with van der Waals surface area (Å²) in [5.74, 6) is 0. The van der Waals surface area contributed by atoms with E-state index in [1.807, 2.05) is 49.1 Å². The number of hydrogen-bond donors (Lipinski definition) is 0. The number of rotatable bonds is 4. The fourth-order valence-corrected chi connectivity index (χ4v) is 23.2. The summed E-state index contributed by atoms with van der Waals surface area (Å²) in [5.41, 5.74) is 15.4. The van der Waals surface area contributed by atoms with Gasteiger partial charge in [0.25, 0.3) is 0 Å². The molecule has 0 saturated carbocycles. The molecule has 0 aliphatic carbocycles. The summed E-state index contributed by atoms with van der Waals surface area (Å²) in [6, 6.07) is 79.2. The Balaban J connectivity index is 1.12. The third-order valence-electron chi connectivity index (χ3n) is 13.7. The van der Waals surface area contributed by atoms with Crippen LogP contribution in [0.3, 0.4) is 0 Å². The van der Waals surface area contributed by atoms with Crippen LogP contribution in [0.15, 0.2) is 237 Å². The molecule has 0 radical (unpaired) electrons. The molecule has 6 heterocycles. The summed E-state index contributed by atoms with van der Waals surface area (Å²) in [6.07, 6.45) is 7.34. The average molecular weight is 879 g/mol. The van der Waals surface area contributed by atoms with Crippen LogP contribution in [-0.4, -0.2) is 28.2 Å². The molecule has 3 aromatic heterocycles. The van der Waals surface area contributed by atoms with Crippen LogP contribution in [0.5, 0.6) is 0 Å². The van der Waals surface area contributed by atoms with E-state index in [1.54, 1.807) is 0 Å². The molecule has 7 aromatic carbocycles. The summed E-state index contributed by atoms with van der Waals surface area (Å²) in [5, 5.41) is 0. The minimum atomic E-state index is -3.86. The Labute approximate surface area is 375 Å². The van der Waals surface area contributed by atoms with E-state index in [4.69, 9.17) is 4.98 Å². The first-order chi connectivity index (χ1) is 31.8. The molecule has 2 spiro atoms. The van der Waals surface area contributed by atoms with Crippen LogP contribution in [0.1, 0.15) is 22.3 Å². The Bertz CT molecular complexity index is 3220. The quantitative estimate of drug-likeness (QED) is 0.165. The van der Waals surface area contributed by atoms with Crippen LogP contribution in [-0.2, 0) is 5.41 Å². The van der Waals surface area contributed by atoms with Gasteiger partial charge in [-0.05, 0) is 0 Å². The van der Waals surface area contributed by atoms with E-state index in [1.165, 1.54) is 56.9 Å². The zero-order chi connectivity index (χ0) is 42.2. The third-order valence-corrected chi connectivity index (χ3v) is 24.1. The van der Waals surface area contributed by atoms with Crippen LogP contribution in [0, 0.1) is 0 Å². The molecule has 0 fully saturated rings. The van der Waals surface area contributed by atoms with Gasteiger partial charge in [-0.1, -0.05) is 0 Å². The maximum absolute atomic E-state index is 5.25. The van der Waals surface area contributed by atoms with Gasteiger partial charge in [-0.3, -0.25) is 9.97 Å². The van der Waals surface area contributed by atoms with Crippen LogP contribution in [0.2, 0.25) is 0 Å². The van der Waals surface area contributed by atoms with E-state index >= 15 is 0 Å². The van der Waals surface area contributed by atoms with Crippen molar-refractivity contribution in [3.8, 4) is 22.5 Å². The van der Waals surface area contributed by atoms with Crippen LogP contribution >= 0.6 is 0 Å². The van der Waals surface area contributed by atoms with E-state index in [2.05, 4.69) is 208 Å². The summed E-state index contributed by atoms with van der Waals surface area (Å²) in [6.45, 7) is 0. The molecule has 0 amide bonds. The fourth-order valence-electron chi connectivity index (χ4n) is 11.3. The third kappa shape index (κ3) is 5.04. The second-order valence-electron chi connectivity index (χ2n) is 16.7. The van der Waals surface area contributed by atoms with Gasteiger partial charge >= 0.3 is 367 Å². The monoisotopic (exact) mass is 879 g/mol. The van der Waals surface area contributed by atoms with Gasteiger partial charge < -0.3 is 0 Å². The van der Waals surface area contributed by atoms with Crippen molar-refractivity contribution in [1.29, 1.82) is 0 Å². The Kier molecular flexibility index (Phi) is 8.24. The van der Waals surface area contributed by atoms with E-state index in [-0.39, 0.29) is 0 Å². The number of benzene rings is 7.